The molecule has 6 heteroatoms. The van der Waals surface area contributed by atoms with Gasteiger partial charge in [0.2, 0.25) is 0 Å². The molecule has 1 heterocycles. The van der Waals surface area contributed by atoms with Crippen molar-refractivity contribution in [1.29, 1.82) is 0 Å². The molecule has 0 saturated heterocycles. The third-order valence-corrected chi connectivity index (χ3v) is 4.74. The quantitative estimate of drug-likeness (QED) is 0.588. The number of methoxy groups -OCH3 is 1. The smallest absolute Gasteiger partial charge is 0.416 e. The van der Waals surface area contributed by atoms with Gasteiger partial charge in [-0.15, -0.1) is 0 Å². The Hall–Kier alpha value is -2.76. The van der Waals surface area contributed by atoms with Crippen molar-refractivity contribution in [2.75, 3.05) is 7.11 Å². The summed E-state index contributed by atoms with van der Waals surface area (Å²) in [5, 5.41) is 0.797. The monoisotopic (exact) mass is 360 g/mol. The van der Waals surface area contributed by atoms with Crippen LogP contribution in [0.2, 0.25) is 0 Å². The second-order valence-electron chi connectivity index (χ2n) is 6.46. The third kappa shape index (κ3) is 2.96. The molecule has 0 aliphatic heterocycles. The molecule has 0 bridgehead atoms. The first-order valence-electron chi connectivity index (χ1n) is 8.16. The number of carbonyl (C=O) groups excluding carboxylic acids is 1. The van der Waals surface area contributed by atoms with Crippen LogP contribution in [0.1, 0.15) is 23.5 Å². The van der Waals surface area contributed by atoms with E-state index in [0.717, 1.165) is 29.5 Å². The zero-order valence-electron chi connectivity index (χ0n) is 13.8. The molecule has 0 amide bonds. The van der Waals surface area contributed by atoms with Gasteiger partial charge >= 0.3 is 12.1 Å². The van der Waals surface area contributed by atoms with E-state index in [1.807, 2.05) is 12.1 Å². The lowest BCUT2D eigenvalue weighted by Gasteiger charge is -2.07. The van der Waals surface area contributed by atoms with Gasteiger partial charge in [-0.05, 0) is 48.2 Å². The zero-order chi connectivity index (χ0) is 18.5. The van der Waals surface area contributed by atoms with Gasteiger partial charge in [0.1, 0.15) is 11.3 Å². The van der Waals surface area contributed by atoms with E-state index in [0.29, 0.717) is 16.9 Å². The van der Waals surface area contributed by atoms with E-state index in [9.17, 15) is 18.0 Å². The van der Waals surface area contributed by atoms with Gasteiger partial charge in [-0.3, -0.25) is 4.79 Å². The van der Waals surface area contributed by atoms with E-state index in [4.69, 9.17) is 9.15 Å². The number of hydrogen-bond donors (Lipinski definition) is 0. The molecule has 1 aliphatic rings. The molecule has 1 aromatic heterocycles. The number of furan rings is 1. The number of halogens is 3. The highest BCUT2D eigenvalue weighted by Gasteiger charge is 2.45. The Morgan fingerprint density at radius 1 is 1.15 bits per heavy atom. The van der Waals surface area contributed by atoms with Crippen molar-refractivity contribution in [1.82, 2.24) is 0 Å². The van der Waals surface area contributed by atoms with Gasteiger partial charge in [-0.25, -0.2) is 0 Å². The molecular formula is C20H15F3O3. The molecule has 4 rings (SSSR count). The van der Waals surface area contributed by atoms with Crippen LogP contribution in [-0.2, 0) is 15.7 Å². The van der Waals surface area contributed by atoms with Crippen molar-refractivity contribution >= 4 is 16.9 Å². The highest BCUT2D eigenvalue weighted by atomic mass is 19.4. The Morgan fingerprint density at radius 2 is 1.96 bits per heavy atom. The number of benzene rings is 2. The van der Waals surface area contributed by atoms with Crippen LogP contribution in [0, 0.1) is 5.92 Å². The largest absolute Gasteiger partial charge is 0.469 e. The Balaban J connectivity index is 1.66. The van der Waals surface area contributed by atoms with E-state index >= 15 is 0 Å². The molecule has 2 aromatic carbocycles. The Bertz CT molecular complexity index is 987. The van der Waals surface area contributed by atoms with Gasteiger partial charge in [0.05, 0.1) is 18.6 Å². The summed E-state index contributed by atoms with van der Waals surface area (Å²) in [4.78, 5) is 11.6. The lowest BCUT2D eigenvalue weighted by Crippen LogP contribution is -2.04. The lowest BCUT2D eigenvalue weighted by molar-refractivity contribution is -0.142. The Labute approximate surface area is 147 Å². The third-order valence-electron chi connectivity index (χ3n) is 4.74. The Morgan fingerprint density at radius 3 is 2.69 bits per heavy atom. The highest BCUT2D eigenvalue weighted by Crippen LogP contribution is 2.48. The topological polar surface area (TPSA) is 39.4 Å². The fraction of sp³-hybridized carbons (Fsp3) is 0.250. The number of carbonyl (C=O) groups is 1. The molecule has 2 unspecified atom stereocenters. The molecule has 26 heavy (non-hydrogen) atoms. The molecule has 0 N–H and O–H groups in total. The van der Waals surface area contributed by atoms with E-state index in [1.54, 1.807) is 18.2 Å². The first kappa shape index (κ1) is 16.7. The van der Waals surface area contributed by atoms with Crippen LogP contribution in [0.15, 0.2) is 52.9 Å². The van der Waals surface area contributed by atoms with Crippen LogP contribution in [-0.4, -0.2) is 13.1 Å². The normalized spacial score (nSPS) is 19.5. The summed E-state index contributed by atoms with van der Waals surface area (Å²) < 4.78 is 49.2. The first-order valence-corrected chi connectivity index (χ1v) is 8.16. The average Bonchev–Trinajstić information content (AvgIpc) is 3.31. The predicted octanol–water partition coefficient (Wildman–Crippen LogP) is 5.40. The molecule has 1 saturated carbocycles. The fourth-order valence-corrected chi connectivity index (χ4v) is 3.26. The SMILES string of the molecule is COC(=O)C1CC1c1ccc2oc(-c3cccc(C(F)(F)F)c3)cc2c1. The highest BCUT2D eigenvalue weighted by molar-refractivity contribution is 5.84. The van der Waals surface area contributed by atoms with Crippen molar-refractivity contribution in [3.05, 3.63) is 59.7 Å². The van der Waals surface area contributed by atoms with Crippen LogP contribution in [0.3, 0.4) is 0 Å². The number of alkyl halides is 3. The minimum atomic E-state index is -4.40. The summed E-state index contributed by atoms with van der Waals surface area (Å²) in [5.74, 6) is 0.168. The van der Waals surface area contributed by atoms with Crippen molar-refractivity contribution in [3.63, 3.8) is 0 Å². The maximum absolute atomic E-state index is 12.9. The molecule has 3 nitrogen and oxygen atoms in total. The molecule has 0 radical (unpaired) electrons. The predicted molar refractivity (Wildman–Crippen MR) is 89.5 cm³/mol. The fourth-order valence-electron chi connectivity index (χ4n) is 3.26. The zero-order valence-corrected chi connectivity index (χ0v) is 13.8. The molecule has 1 fully saturated rings. The van der Waals surface area contributed by atoms with Gasteiger partial charge in [-0.2, -0.15) is 13.2 Å². The molecular weight excluding hydrogens is 345 g/mol. The molecule has 3 aromatic rings. The minimum absolute atomic E-state index is 0.118. The summed E-state index contributed by atoms with van der Waals surface area (Å²) in [6, 6.07) is 12.4. The van der Waals surface area contributed by atoms with E-state index in [1.165, 1.54) is 13.2 Å². The molecule has 2 atom stereocenters. The summed E-state index contributed by atoms with van der Waals surface area (Å²) in [6.45, 7) is 0. The van der Waals surface area contributed by atoms with Gasteiger partial charge in [0.25, 0.3) is 0 Å². The minimum Gasteiger partial charge on any atom is -0.469 e. The summed E-state index contributed by atoms with van der Waals surface area (Å²) >= 11 is 0. The number of fused-ring (bicyclic) bond motifs is 1. The van der Waals surface area contributed by atoms with Gasteiger partial charge in [0, 0.05) is 10.9 Å². The standard InChI is InChI=1S/C20H15F3O3/c1-25-19(24)16-10-15(16)11-5-6-17-13(7-11)9-18(26-17)12-3-2-4-14(8-12)20(21,22)23/h2-9,15-16H,10H2,1H3. The number of esters is 1. The van der Waals surface area contributed by atoms with Crippen LogP contribution in [0.5, 0.6) is 0 Å². The van der Waals surface area contributed by atoms with Crippen molar-refractivity contribution in [3.8, 4) is 11.3 Å². The van der Waals surface area contributed by atoms with E-state index < -0.39 is 11.7 Å². The van der Waals surface area contributed by atoms with E-state index in [2.05, 4.69) is 0 Å². The van der Waals surface area contributed by atoms with Crippen molar-refractivity contribution in [2.24, 2.45) is 5.92 Å². The second kappa shape index (κ2) is 5.90. The molecule has 0 spiro atoms. The van der Waals surface area contributed by atoms with Crippen LogP contribution >= 0.6 is 0 Å². The van der Waals surface area contributed by atoms with E-state index in [-0.39, 0.29) is 17.8 Å². The number of rotatable bonds is 3. The van der Waals surface area contributed by atoms with Crippen molar-refractivity contribution < 1.29 is 27.1 Å². The average molecular weight is 360 g/mol. The summed E-state index contributed by atoms with van der Waals surface area (Å²) in [7, 11) is 1.37. The van der Waals surface area contributed by atoms with Gasteiger partial charge in [0.15, 0.2) is 0 Å². The van der Waals surface area contributed by atoms with Crippen molar-refractivity contribution in [2.45, 2.75) is 18.5 Å². The number of ether oxygens (including phenoxy) is 1. The maximum Gasteiger partial charge on any atom is 0.416 e. The first-order chi connectivity index (χ1) is 12.4. The second-order valence-corrected chi connectivity index (χ2v) is 6.46. The molecule has 134 valence electrons. The Kier molecular flexibility index (Phi) is 3.79. The van der Waals surface area contributed by atoms with Gasteiger partial charge < -0.3 is 9.15 Å². The maximum atomic E-state index is 12.9. The van der Waals surface area contributed by atoms with Crippen LogP contribution in [0.25, 0.3) is 22.3 Å². The molecule has 1 aliphatic carbocycles. The summed E-state index contributed by atoms with van der Waals surface area (Å²) in [6.07, 6.45) is -3.65. The van der Waals surface area contributed by atoms with Gasteiger partial charge in [-0.1, -0.05) is 18.2 Å². The van der Waals surface area contributed by atoms with Crippen LogP contribution < -0.4 is 0 Å². The lowest BCUT2D eigenvalue weighted by atomic mass is 10.1. The summed E-state index contributed by atoms with van der Waals surface area (Å²) in [5.41, 5.74) is 1.26. The van der Waals surface area contributed by atoms with Crippen LogP contribution in [0.4, 0.5) is 13.2 Å². The number of hydrogen-bond acceptors (Lipinski definition) is 3.